The average molecular weight is 283 g/mol. The topological polar surface area (TPSA) is 43.8 Å². The zero-order valence-electron chi connectivity index (χ0n) is 12.0. The van der Waals surface area contributed by atoms with Crippen LogP contribution in [-0.2, 0) is 19.5 Å². The van der Waals surface area contributed by atoms with Crippen molar-refractivity contribution in [1.82, 2.24) is 9.55 Å². The average Bonchev–Trinajstić information content (AvgIpc) is 2.84. The minimum Gasteiger partial charge on any atom is -0.328 e. The molecular formula is C17H18FN3. The molecule has 108 valence electrons. The van der Waals surface area contributed by atoms with Crippen molar-refractivity contribution in [2.24, 2.45) is 5.73 Å². The van der Waals surface area contributed by atoms with Crippen LogP contribution in [0.4, 0.5) is 4.39 Å². The van der Waals surface area contributed by atoms with Crippen LogP contribution >= 0.6 is 0 Å². The summed E-state index contributed by atoms with van der Waals surface area (Å²) in [6.45, 7) is 3.16. The Morgan fingerprint density at radius 1 is 1.19 bits per heavy atom. The summed E-state index contributed by atoms with van der Waals surface area (Å²) in [4.78, 5) is 4.67. The number of hydrogen-bond acceptors (Lipinski definition) is 2. The van der Waals surface area contributed by atoms with Crippen LogP contribution in [0, 0.1) is 5.82 Å². The SMILES string of the molecule is CCn1c(Cc2ccc(CN)c(F)c2)nc2ccccc21. The summed E-state index contributed by atoms with van der Waals surface area (Å²) >= 11 is 0. The van der Waals surface area contributed by atoms with Gasteiger partial charge in [-0.1, -0.05) is 24.3 Å². The van der Waals surface area contributed by atoms with E-state index in [1.54, 1.807) is 12.1 Å². The summed E-state index contributed by atoms with van der Waals surface area (Å²) in [6.07, 6.45) is 0.615. The molecule has 0 aliphatic carbocycles. The smallest absolute Gasteiger partial charge is 0.127 e. The van der Waals surface area contributed by atoms with Gasteiger partial charge < -0.3 is 10.3 Å². The Balaban J connectivity index is 1.99. The van der Waals surface area contributed by atoms with Gasteiger partial charge in [-0.3, -0.25) is 0 Å². The van der Waals surface area contributed by atoms with Crippen molar-refractivity contribution in [3.8, 4) is 0 Å². The molecule has 0 aliphatic rings. The number of imidazole rings is 1. The van der Waals surface area contributed by atoms with Crippen molar-refractivity contribution in [2.45, 2.75) is 26.4 Å². The maximum absolute atomic E-state index is 13.8. The minimum atomic E-state index is -0.242. The van der Waals surface area contributed by atoms with Gasteiger partial charge in [0.2, 0.25) is 0 Å². The van der Waals surface area contributed by atoms with Crippen LogP contribution in [0.2, 0.25) is 0 Å². The van der Waals surface area contributed by atoms with Gasteiger partial charge in [0.1, 0.15) is 11.6 Å². The van der Waals surface area contributed by atoms with E-state index in [0.29, 0.717) is 12.0 Å². The molecule has 0 unspecified atom stereocenters. The van der Waals surface area contributed by atoms with Crippen molar-refractivity contribution >= 4 is 11.0 Å². The maximum Gasteiger partial charge on any atom is 0.127 e. The van der Waals surface area contributed by atoms with E-state index in [1.165, 1.54) is 0 Å². The molecule has 0 bridgehead atoms. The fraction of sp³-hybridized carbons (Fsp3) is 0.235. The van der Waals surface area contributed by atoms with Crippen molar-refractivity contribution in [1.29, 1.82) is 0 Å². The van der Waals surface area contributed by atoms with E-state index in [2.05, 4.69) is 22.5 Å². The minimum absolute atomic E-state index is 0.222. The third kappa shape index (κ3) is 2.54. The molecule has 1 aromatic heterocycles. The fourth-order valence-corrected chi connectivity index (χ4v) is 2.66. The fourth-order valence-electron chi connectivity index (χ4n) is 2.66. The number of nitrogens with two attached hydrogens (primary N) is 1. The molecule has 3 nitrogen and oxygen atoms in total. The first-order valence-electron chi connectivity index (χ1n) is 7.14. The molecule has 4 heteroatoms. The first-order chi connectivity index (χ1) is 10.2. The quantitative estimate of drug-likeness (QED) is 0.798. The monoisotopic (exact) mass is 283 g/mol. The van der Waals surface area contributed by atoms with E-state index in [-0.39, 0.29) is 12.4 Å². The Hall–Kier alpha value is -2.20. The second-order valence-electron chi connectivity index (χ2n) is 5.07. The van der Waals surface area contributed by atoms with Gasteiger partial charge in [0.15, 0.2) is 0 Å². The van der Waals surface area contributed by atoms with E-state index in [9.17, 15) is 4.39 Å². The highest BCUT2D eigenvalue weighted by Crippen LogP contribution is 2.19. The maximum atomic E-state index is 13.8. The van der Waals surface area contributed by atoms with Crippen LogP contribution in [0.3, 0.4) is 0 Å². The number of rotatable bonds is 4. The molecule has 2 aromatic carbocycles. The Morgan fingerprint density at radius 3 is 2.71 bits per heavy atom. The number of aryl methyl sites for hydroxylation is 1. The van der Waals surface area contributed by atoms with Crippen molar-refractivity contribution in [3.05, 3.63) is 65.2 Å². The second-order valence-corrected chi connectivity index (χ2v) is 5.07. The van der Waals surface area contributed by atoms with Crippen LogP contribution < -0.4 is 5.73 Å². The van der Waals surface area contributed by atoms with Crippen molar-refractivity contribution in [3.63, 3.8) is 0 Å². The predicted octanol–water partition coefficient (Wildman–Crippen LogP) is 3.24. The van der Waals surface area contributed by atoms with Gasteiger partial charge in [-0.25, -0.2) is 9.37 Å². The summed E-state index contributed by atoms with van der Waals surface area (Å²) < 4.78 is 16.0. The Bertz CT molecular complexity index is 777. The highest BCUT2D eigenvalue weighted by atomic mass is 19.1. The normalized spacial score (nSPS) is 11.2. The van der Waals surface area contributed by atoms with E-state index in [1.807, 2.05) is 24.3 Å². The van der Waals surface area contributed by atoms with Crippen LogP contribution in [0.25, 0.3) is 11.0 Å². The third-order valence-corrected chi connectivity index (χ3v) is 3.75. The summed E-state index contributed by atoms with van der Waals surface area (Å²) in [5.41, 5.74) is 9.05. The first kappa shape index (κ1) is 13.8. The number of benzene rings is 2. The number of para-hydroxylation sites is 2. The zero-order chi connectivity index (χ0) is 14.8. The summed E-state index contributed by atoms with van der Waals surface area (Å²) in [6, 6.07) is 13.3. The van der Waals surface area contributed by atoms with E-state index in [0.717, 1.165) is 29.0 Å². The summed E-state index contributed by atoms with van der Waals surface area (Å²) in [5, 5.41) is 0. The molecule has 3 rings (SSSR count). The Kier molecular flexibility index (Phi) is 3.71. The molecule has 0 spiro atoms. The molecule has 0 aliphatic heterocycles. The number of aromatic nitrogens is 2. The zero-order valence-corrected chi connectivity index (χ0v) is 12.0. The summed E-state index contributed by atoms with van der Waals surface area (Å²) in [7, 11) is 0. The highest BCUT2D eigenvalue weighted by molar-refractivity contribution is 5.76. The lowest BCUT2D eigenvalue weighted by molar-refractivity contribution is 0.608. The van der Waals surface area contributed by atoms with E-state index >= 15 is 0 Å². The van der Waals surface area contributed by atoms with Crippen LogP contribution in [0.1, 0.15) is 23.9 Å². The molecule has 2 N–H and O–H groups in total. The number of nitrogens with zero attached hydrogens (tertiary/aromatic N) is 2. The molecule has 0 saturated carbocycles. The number of halogens is 1. The van der Waals surface area contributed by atoms with Crippen LogP contribution in [-0.4, -0.2) is 9.55 Å². The Morgan fingerprint density at radius 2 is 2.00 bits per heavy atom. The number of fused-ring (bicyclic) bond motifs is 1. The lowest BCUT2D eigenvalue weighted by atomic mass is 10.1. The molecule has 0 radical (unpaired) electrons. The highest BCUT2D eigenvalue weighted by Gasteiger charge is 2.10. The molecule has 3 aromatic rings. The predicted molar refractivity (Wildman–Crippen MR) is 82.5 cm³/mol. The van der Waals surface area contributed by atoms with Gasteiger partial charge in [-0.15, -0.1) is 0 Å². The lowest BCUT2D eigenvalue weighted by Gasteiger charge is -2.07. The van der Waals surface area contributed by atoms with Crippen molar-refractivity contribution in [2.75, 3.05) is 0 Å². The van der Waals surface area contributed by atoms with Gasteiger partial charge >= 0.3 is 0 Å². The van der Waals surface area contributed by atoms with Gasteiger partial charge in [0.25, 0.3) is 0 Å². The van der Waals surface area contributed by atoms with Crippen LogP contribution in [0.5, 0.6) is 0 Å². The molecule has 21 heavy (non-hydrogen) atoms. The molecular weight excluding hydrogens is 265 g/mol. The standard InChI is InChI=1S/C17H18FN3/c1-2-21-16-6-4-3-5-15(16)20-17(21)10-12-7-8-13(11-19)14(18)9-12/h3-9H,2,10-11,19H2,1H3. The molecule has 0 atom stereocenters. The first-order valence-corrected chi connectivity index (χ1v) is 7.14. The van der Waals surface area contributed by atoms with Gasteiger partial charge in [0.05, 0.1) is 11.0 Å². The third-order valence-electron chi connectivity index (χ3n) is 3.75. The largest absolute Gasteiger partial charge is 0.328 e. The van der Waals surface area contributed by atoms with E-state index < -0.39 is 0 Å². The molecule has 0 saturated heterocycles. The molecule has 0 fully saturated rings. The van der Waals surface area contributed by atoms with Gasteiger partial charge in [0, 0.05) is 25.1 Å². The van der Waals surface area contributed by atoms with E-state index in [4.69, 9.17) is 5.73 Å². The van der Waals surface area contributed by atoms with Gasteiger partial charge in [-0.05, 0) is 30.7 Å². The molecule has 0 amide bonds. The van der Waals surface area contributed by atoms with Crippen molar-refractivity contribution < 1.29 is 4.39 Å². The van der Waals surface area contributed by atoms with Crippen LogP contribution in [0.15, 0.2) is 42.5 Å². The molecule has 1 heterocycles. The summed E-state index contributed by atoms with van der Waals surface area (Å²) in [5.74, 6) is 0.716. The second kappa shape index (κ2) is 5.66. The van der Waals surface area contributed by atoms with Gasteiger partial charge in [-0.2, -0.15) is 0 Å². The number of hydrogen-bond donors (Lipinski definition) is 1. The lowest BCUT2D eigenvalue weighted by Crippen LogP contribution is -2.04. The Labute approximate surface area is 123 Å².